The van der Waals surface area contributed by atoms with E-state index >= 15 is 0 Å². The summed E-state index contributed by atoms with van der Waals surface area (Å²) in [6.07, 6.45) is 2.34. The van der Waals surface area contributed by atoms with E-state index in [9.17, 15) is 9.18 Å². The lowest BCUT2D eigenvalue weighted by atomic mass is 10.0. The normalized spacial score (nSPS) is 19.8. The molecule has 2 heterocycles. The van der Waals surface area contributed by atoms with Crippen molar-refractivity contribution < 1.29 is 9.18 Å². The van der Waals surface area contributed by atoms with Crippen molar-refractivity contribution in [2.75, 3.05) is 5.32 Å². The number of rotatable bonds is 3. The van der Waals surface area contributed by atoms with E-state index in [1.165, 1.54) is 23.9 Å². The standard InChI is InChI=1S/C19H21FN4OS/c1-10-6-11(2)17(22-9-10)18(25)23-13-4-5-15(20)14(8-13)16-7-12(3)26-19(21)24-16/h4-6,8-9,12,16H,7H2,1-3H3,(H2,21,24)(H,23,25)/t12?,16-/m0/s1. The average Bonchev–Trinajstić information content (AvgIpc) is 2.55. The smallest absolute Gasteiger partial charge is 0.274 e. The minimum Gasteiger partial charge on any atom is -0.379 e. The van der Waals surface area contributed by atoms with Gasteiger partial charge in [0, 0.05) is 22.7 Å². The minimum absolute atomic E-state index is 0.259. The Kier molecular flexibility index (Phi) is 5.27. The van der Waals surface area contributed by atoms with Gasteiger partial charge < -0.3 is 11.1 Å². The largest absolute Gasteiger partial charge is 0.379 e. The first-order valence-corrected chi connectivity index (χ1v) is 9.25. The van der Waals surface area contributed by atoms with E-state index in [0.29, 0.717) is 28.5 Å². The number of aliphatic imine (C=N–C) groups is 1. The molecule has 3 rings (SSSR count). The predicted molar refractivity (Wildman–Crippen MR) is 104 cm³/mol. The van der Waals surface area contributed by atoms with E-state index < -0.39 is 0 Å². The molecule has 136 valence electrons. The number of hydrogen-bond donors (Lipinski definition) is 2. The molecule has 2 aromatic rings. The number of carbonyl (C=O) groups excluding carboxylic acids is 1. The fourth-order valence-corrected chi connectivity index (χ4v) is 3.90. The topological polar surface area (TPSA) is 80.4 Å². The van der Waals surface area contributed by atoms with Gasteiger partial charge in [0.05, 0.1) is 6.04 Å². The van der Waals surface area contributed by atoms with Crippen LogP contribution in [0.3, 0.4) is 0 Å². The van der Waals surface area contributed by atoms with Crippen LogP contribution in [0.15, 0.2) is 35.5 Å². The fraction of sp³-hybridized carbons (Fsp3) is 0.316. The number of nitrogens with one attached hydrogen (secondary N) is 1. The quantitative estimate of drug-likeness (QED) is 0.854. The molecule has 26 heavy (non-hydrogen) atoms. The Morgan fingerprint density at radius 1 is 1.35 bits per heavy atom. The fourth-order valence-electron chi connectivity index (χ4n) is 3.02. The van der Waals surface area contributed by atoms with Crippen molar-refractivity contribution in [1.29, 1.82) is 0 Å². The van der Waals surface area contributed by atoms with E-state index in [1.54, 1.807) is 12.3 Å². The van der Waals surface area contributed by atoms with Crippen molar-refractivity contribution in [1.82, 2.24) is 4.98 Å². The number of thioether (sulfide) groups is 1. The molecule has 0 saturated carbocycles. The average molecular weight is 372 g/mol. The third-order valence-corrected chi connectivity index (χ3v) is 5.14. The first kappa shape index (κ1) is 18.4. The van der Waals surface area contributed by atoms with Crippen LogP contribution in [0.4, 0.5) is 10.1 Å². The van der Waals surface area contributed by atoms with Crippen molar-refractivity contribution in [3.05, 3.63) is 58.7 Å². The number of nitrogens with two attached hydrogens (primary N) is 1. The highest BCUT2D eigenvalue weighted by atomic mass is 32.2. The number of amidine groups is 1. The third-order valence-electron chi connectivity index (χ3n) is 4.20. The zero-order valence-electron chi connectivity index (χ0n) is 14.9. The van der Waals surface area contributed by atoms with Crippen LogP contribution in [0.1, 0.15) is 46.6 Å². The Labute approximate surface area is 156 Å². The summed E-state index contributed by atoms with van der Waals surface area (Å²) >= 11 is 1.49. The molecule has 0 radical (unpaired) electrons. The summed E-state index contributed by atoms with van der Waals surface area (Å²) in [5.41, 5.74) is 8.92. The molecular formula is C19H21FN4OS. The van der Waals surface area contributed by atoms with Crippen LogP contribution in [-0.4, -0.2) is 21.3 Å². The molecular weight excluding hydrogens is 351 g/mol. The molecule has 0 saturated heterocycles. The number of anilines is 1. The van der Waals surface area contributed by atoms with Crippen LogP contribution in [-0.2, 0) is 0 Å². The summed E-state index contributed by atoms with van der Waals surface area (Å²) in [5, 5.41) is 3.51. The number of hydrogen-bond acceptors (Lipinski definition) is 5. The summed E-state index contributed by atoms with van der Waals surface area (Å²) in [6.45, 7) is 5.79. The second-order valence-corrected chi connectivity index (χ2v) is 7.97. The van der Waals surface area contributed by atoms with E-state index in [1.807, 2.05) is 26.8 Å². The number of benzene rings is 1. The van der Waals surface area contributed by atoms with E-state index in [0.717, 1.165) is 11.1 Å². The van der Waals surface area contributed by atoms with E-state index in [4.69, 9.17) is 5.73 Å². The third kappa shape index (κ3) is 4.04. The molecule has 3 N–H and O–H groups in total. The van der Waals surface area contributed by atoms with Gasteiger partial charge in [-0.25, -0.2) is 4.39 Å². The number of carbonyl (C=O) groups is 1. The van der Waals surface area contributed by atoms with Crippen LogP contribution in [0, 0.1) is 19.7 Å². The maximum Gasteiger partial charge on any atom is 0.274 e. The Balaban J connectivity index is 1.85. The Morgan fingerprint density at radius 2 is 2.12 bits per heavy atom. The molecule has 1 aromatic heterocycles. The second-order valence-electron chi connectivity index (χ2n) is 6.52. The van der Waals surface area contributed by atoms with Crippen molar-refractivity contribution in [3.8, 4) is 0 Å². The molecule has 0 bridgehead atoms. The van der Waals surface area contributed by atoms with Gasteiger partial charge >= 0.3 is 0 Å². The second kappa shape index (κ2) is 7.45. The van der Waals surface area contributed by atoms with Gasteiger partial charge in [-0.15, -0.1) is 0 Å². The van der Waals surface area contributed by atoms with Crippen LogP contribution in [0.2, 0.25) is 0 Å². The molecule has 7 heteroatoms. The number of halogens is 1. The molecule has 0 fully saturated rings. The first-order valence-electron chi connectivity index (χ1n) is 8.37. The molecule has 2 atom stereocenters. The lowest BCUT2D eigenvalue weighted by Gasteiger charge is -2.24. The molecule has 1 aliphatic heterocycles. The van der Waals surface area contributed by atoms with E-state index in [-0.39, 0.29) is 23.0 Å². The van der Waals surface area contributed by atoms with Crippen molar-refractivity contribution >= 4 is 28.5 Å². The van der Waals surface area contributed by atoms with Gasteiger partial charge in [-0.3, -0.25) is 14.8 Å². The summed E-state index contributed by atoms with van der Waals surface area (Å²) in [4.78, 5) is 21.1. The number of nitrogens with zero attached hydrogens (tertiary/aromatic N) is 2. The summed E-state index contributed by atoms with van der Waals surface area (Å²) in [7, 11) is 0. The molecule has 1 aliphatic rings. The summed E-state index contributed by atoms with van der Waals surface area (Å²) in [6, 6.07) is 6.06. The Morgan fingerprint density at radius 3 is 2.81 bits per heavy atom. The Bertz CT molecular complexity index is 884. The van der Waals surface area contributed by atoms with Gasteiger partial charge in [-0.2, -0.15) is 0 Å². The molecule has 0 spiro atoms. The zero-order valence-corrected chi connectivity index (χ0v) is 15.7. The van der Waals surface area contributed by atoms with Crippen molar-refractivity contribution in [2.45, 2.75) is 38.5 Å². The first-order chi connectivity index (χ1) is 12.3. The van der Waals surface area contributed by atoms with Crippen LogP contribution in [0.5, 0.6) is 0 Å². The minimum atomic E-state index is -0.353. The highest BCUT2D eigenvalue weighted by molar-refractivity contribution is 8.14. The summed E-state index contributed by atoms with van der Waals surface area (Å²) in [5.74, 6) is -0.677. The molecule has 1 unspecified atom stereocenters. The molecule has 5 nitrogen and oxygen atoms in total. The molecule has 0 aliphatic carbocycles. The molecule has 1 amide bonds. The number of aryl methyl sites for hydroxylation is 2. The predicted octanol–water partition coefficient (Wildman–Crippen LogP) is 3.97. The van der Waals surface area contributed by atoms with Crippen LogP contribution >= 0.6 is 11.8 Å². The van der Waals surface area contributed by atoms with Gasteiger partial charge in [-0.1, -0.05) is 24.8 Å². The van der Waals surface area contributed by atoms with Gasteiger partial charge in [0.2, 0.25) is 0 Å². The lowest BCUT2D eigenvalue weighted by Crippen LogP contribution is -2.21. The maximum absolute atomic E-state index is 14.3. The maximum atomic E-state index is 14.3. The van der Waals surface area contributed by atoms with E-state index in [2.05, 4.69) is 15.3 Å². The summed E-state index contributed by atoms with van der Waals surface area (Å²) < 4.78 is 14.3. The van der Waals surface area contributed by atoms with Gasteiger partial charge in [0.1, 0.15) is 11.5 Å². The van der Waals surface area contributed by atoms with Crippen LogP contribution in [0.25, 0.3) is 0 Å². The highest BCUT2D eigenvalue weighted by Crippen LogP contribution is 2.35. The number of pyridine rings is 1. The van der Waals surface area contributed by atoms with Crippen molar-refractivity contribution in [2.24, 2.45) is 10.7 Å². The SMILES string of the molecule is Cc1cnc(C(=O)Nc2ccc(F)c([C@@H]3CC(C)SC(N)=N3)c2)c(C)c1. The number of amides is 1. The van der Waals surface area contributed by atoms with Gasteiger partial charge in [0.25, 0.3) is 5.91 Å². The zero-order chi connectivity index (χ0) is 18.8. The van der Waals surface area contributed by atoms with Crippen LogP contribution < -0.4 is 11.1 Å². The van der Waals surface area contributed by atoms with Crippen molar-refractivity contribution in [3.63, 3.8) is 0 Å². The molecule has 1 aromatic carbocycles. The van der Waals surface area contributed by atoms with Gasteiger partial charge in [-0.05, 0) is 49.6 Å². The Hall–Kier alpha value is -2.41. The number of aromatic nitrogens is 1. The highest BCUT2D eigenvalue weighted by Gasteiger charge is 2.24. The lowest BCUT2D eigenvalue weighted by molar-refractivity contribution is 0.102. The van der Waals surface area contributed by atoms with Gasteiger partial charge in [0.15, 0.2) is 5.17 Å². The monoisotopic (exact) mass is 372 g/mol.